The maximum absolute atomic E-state index is 9.71. The predicted octanol–water partition coefficient (Wildman–Crippen LogP) is -0.255. The Morgan fingerprint density at radius 3 is 2.18 bits per heavy atom. The molecule has 7 heteroatoms. The lowest BCUT2D eigenvalue weighted by atomic mass is 10.3. The molecular weight excluding hydrogens is 224 g/mol. The molecule has 0 heterocycles. The van der Waals surface area contributed by atoms with E-state index in [1.807, 2.05) is 30.3 Å². The summed E-state index contributed by atoms with van der Waals surface area (Å²) in [5.41, 5.74) is 3.48. The fourth-order valence-corrected chi connectivity index (χ4v) is 0.801. The van der Waals surface area contributed by atoms with Crippen molar-refractivity contribution in [3.05, 3.63) is 30.3 Å². The van der Waals surface area contributed by atoms with Crippen molar-refractivity contribution in [1.29, 1.82) is 0 Å². The van der Waals surface area contributed by atoms with Crippen LogP contribution in [0.5, 0.6) is 5.75 Å². The highest BCUT2D eigenvalue weighted by Gasteiger charge is 1.88. The number of hydrogen-bond donors (Lipinski definition) is 4. The van der Waals surface area contributed by atoms with Gasteiger partial charge >= 0.3 is 6.03 Å². The van der Waals surface area contributed by atoms with Gasteiger partial charge in [-0.05, 0) is 12.1 Å². The Hall–Kier alpha value is -1.83. The molecule has 0 saturated carbocycles. The maximum atomic E-state index is 9.71. The minimum absolute atomic E-state index is 0.602. The fraction of sp³-hybridized carbons (Fsp3) is 0.300. The zero-order chi connectivity index (χ0) is 12.9. The molecule has 0 spiro atoms. The van der Waals surface area contributed by atoms with Gasteiger partial charge in [-0.3, -0.25) is 10.9 Å². The molecule has 1 aromatic carbocycles. The summed E-state index contributed by atoms with van der Waals surface area (Å²) < 4.78 is 10.2. The van der Waals surface area contributed by atoms with Gasteiger partial charge in [0.25, 0.3) is 0 Å². The Kier molecular flexibility index (Phi) is 9.53. The van der Waals surface area contributed by atoms with Crippen LogP contribution in [0.4, 0.5) is 4.79 Å². The van der Waals surface area contributed by atoms with E-state index in [2.05, 4.69) is 11.7 Å². The van der Waals surface area contributed by atoms with Gasteiger partial charge in [0.1, 0.15) is 12.4 Å². The third-order valence-corrected chi connectivity index (χ3v) is 1.56. The normalized spacial score (nSPS) is 8.65. The molecule has 0 unspecified atom stereocenters. The third-order valence-electron chi connectivity index (χ3n) is 1.56. The Morgan fingerprint density at radius 2 is 1.76 bits per heavy atom. The number of carbonyl (C=O) groups excluding carboxylic acids is 1. The number of nitrogens with two attached hydrogens (primary N) is 2. The molecule has 0 aliphatic carbocycles. The maximum Gasteiger partial charge on any atom is 0.343 e. The van der Waals surface area contributed by atoms with Crippen LogP contribution in [0.1, 0.15) is 0 Å². The lowest BCUT2D eigenvalue weighted by Gasteiger charge is -2.03. The number of methoxy groups -OCH3 is 1. The van der Waals surface area contributed by atoms with Crippen LogP contribution < -0.4 is 27.3 Å². The molecule has 0 bridgehead atoms. The van der Waals surface area contributed by atoms with E-state index in [4.69, 9.17) is 9.47 Å². The molecule has 1 aromatic rings. The topological polar surface area (TPSA) is 112 Å². The number of rotatable bonds is 4. The number of ether oxygens (including phenoxy) is 2. The SMILES string of the molecule is COCCOc1ccccc1.NNC(=O)NN. The van der Waals surface area contributed by atoms with Gasteiger partial charge in [0.15, 0.2) is 0 Å². The average Bonchev–Trinajstić information content (AvgIpc) is 2.40. The molecule has 0 aliphatic rings. The number of para-hydroxylation sites is 1. The van der Waals surface area contributed by atoms with Gasteiger partial charge < -0.3 is 9.47 Å². The number of hydrazine groups is 2. The van der Waals surface area contributed by atoms with Crippen LogP contribution in [0.3, 0.4) is 0 Å². The minimum atomic E-state index is -0.602. The summed E-state index contributed by atoms with van der Waals surface area (Å²) in [4.78, 5) is 9.71. The minimum Gasteiger partial charge on any atom is -0.491 e. The van der Waals surface area contributed by atoms with E-state index in [0.29, 0.717) is 13.2 Å². The summed E-state index contributed by atoms with van der Waals surface area (Å²) >= 11 is 0. The zero-order valence-corrected chi connectivity index (χ0v) is 9.68. The van der Waals surface area contributed by atoms with Gasteiger partial charge in [-0.25, -0.2) is 16.5 Å². The average molecular weight is 242 g/mol. The van der Waals surface area contributed by atoms with Gasteiger partial charge in [-0.15, -0.1) is 0 Å². The zero-order valence-electron chi connectivity index (χ0n) is 9.68. The number of benzene rings is 1. The van der Waals surface area contributed by atoms with Crippen LogP contribution in [-0.4, -0.2) is 26.4 Å². The number of urea groups is 1. The molecule has 2 amide bonds. The van der Waals surface area contributed by atoms with E-state index in [9.17, 15) is 4.79 Å². The lowest BCUT2D eigenvalue weighted by molar-refractivity contribution is 0.146. The fourth-order valence-electron chi connectivity index (χ4n) is 0.801. The Balaban J connectivity index is 0.000000366. The van der Waals surface area contributed by atoms with Crippen LogP contribution in [0.2, 0.25) is 0 Å². The largest absolute Gasteiger partial charge is 0.491 e. The summed E-state index contributed by atoms with van der Waals surface area (Å²) in [6.45, 7) is 1.25. The molecule has 7 nitrogen and oxygen atoms in total. The Morgan fingerprint density at radius 1 is 1.18 bits per heavy atom. The lowest BCUT2D eigenvalue weighted by Crippen LogP contribution is -2.43. The highest BCUT2D eigenvalue weighted by atomic mass is 16.5. The van der Waals surface area contributed by atoms with Crippen molar-refractivity contribution in [2.45, 2.75) is 0 Å². The second-order valence-corrected chi connectivity index (χ2v) is 2.77. The highest BCUT2D eigenvalue weighted by Crippen LogP contribution is 2.07. The van der Waals surface area contributed by atoms with Crippen molar-refractivity contribution in [2.24, 2.45) is 11.7 Å². The van der Waals surface area contributed by atoms with Gasteiger partial charge in [-0.1, -0.05) is 18.2 Å². The molecule has 96 valence electrons. The summed E-state index contributed by atoms with van der Waals surface area (Å²) in [7, 11) is 1.66. The molecule has 1 rings (SSSR count). The van der Waals surface area contributed by atoms with E-state index < -0.39 is 6.03 Å². The van der Waals surface area contributed by atoms with Crippen molar-refractivity contribution < 1.29 is 14.3 Å². The molecule has 0 radical (unpaired) electrons. The van der Waals surface area contributed by atoms with Gasteiger partial charge in [0.05, 0.1) is 6.61 Å². The van der Waals surface area contributed by atoms with Crippen molar-refractivity contribution in [3.8, 4) is 5.75 Å². The molecule has 0 aromatic heterocycles. The van der Waals surface area contributed by atoms with Gasteiger partial charge in [0.2, 0.25) is 0 Å². The second kappa shape index (κ2) is 10.7. The Bertz CT molecular complexity index is 289. The third kappa shape index (κ3) is 9.12. The first-order valence-corrected chi connectivity index (χ1v) is 4.88. The summed E-state index contributed by atoms with van der Waals surface area (Å²) in [5.74, 6) is 9.97. The van der Waals surface area contributed by atoms with Crippen LogP contribution in [0.15, 0.2) is 30.3 Å². The Labute approximate surface area is 100 Å². The quantitative estimate of drug-likeness (QED) is 0.252. The van der Waals surface area contributed by atoms with Crippen LogP contribution >= 0.6 is 0 Å². The van der Waals surface area contributed by atoms with Crippen molar-refractivity contribution in [1.82, 2.24) is 10.9 Å². The second-order valence-electron chi connectivity index (χ2n) is 2.77. The van der Waals surface area contributed by atoms with Gasteiger partial charge in [0, 0.05) is 7.11 Å². The first-order chi connectivity index (χ1) is 8.24. The van der Waals surface area contributed by atoms with E-state index in [0.717, 1.165) is 5.75 Å². The number of carbonyl (C=O) groups is 1. The van der Waals surface area contributed by atoms with E-state index >= 15 is 0 Å². The standard InChI is InChI=1S/C9H12O2.CH6N4O/c1-10-7-8-11-9-5-3-2-4-6-9;2-4-1(6)5-3/h2-6H,7-8H2,1H3;2-3H2,(H2,4,5,6). The van der Waals surface area contributed by atoms with Crippen LogP contribution in [0, 0.1) is 0 Å². The van der Waals surface area contributed by atoms with E-state index in [1.54, 1.807) is 18.0 Å². The summed E-state index contributed by atoms with van der Waals surface area (Å²) in [6, 6.07) is 9.11. The number of nitrogens with one attached hydrogen (secondary N) is 2. The molecule has 0 saturated heterocycles. The van der Waals surface area contributed by atoms with Crippen LogP contribution in [0.25, 0.3) is 0 Å². The first-order valence-electron chi connectivity index (χ1n) is 4.88. The number of hydrogen-bond acceptors (Lipinski definition) is 5. The van der Waals surface area contributed by atoms with E-state index in [1.165, 1.54) is 0 Å². The van der Waals surface area contributed by atoms with Crippen LogP contribution in [-0.2, 0) is 4.74 Å². The highest BCUT2D eigenvalue weighted by molar-refractivity contribution is 5.72. The van der Waals surface area contributed by atoms with Crippen molar-refractivity contribution >= 4 is 6.03 Å². The summed E-state index contributed by atoms with van der Waals surface area (Å²) in [5, 5.41) is 0. The first kappa shape index (κ1) is 15.2. The monoisotopic (exact) mass is 242 g/mol. The summed E-state index contributed by atoms with van der Waals surface area (Å²) in [6.07, 6.45) is 0. The van der Waals surface area contributed by atoms with Gasteiger partial charge in [-0.2, -0.15) is 0 Å². The molecule has 0 aliphatic heterocycles. The smallest absolute Gasteiger partial charge is 0.343 e. The predicted molar refractivity (Wildman–Crippen MR) is 63.9 cm³/mol. The molecule has 0 fully saturated rings. The molecule has 0 atom stereocenters. The molecule has 6 N–H and O–H groups in total. The molecular formula is C10H18N4O3. The molecule has 17 heavy (non-hydrogen) atoms. The van der Waals surface area contributed by atoms with Crippen molar-refractivity contribution in [2.75, 3.05) is 20.3 Å². The van der Waals surface area contributed by atoms with Crippen molar-refractivity contribution in [3.63, 3.8) is 0 Å². The number of amides is 2. The van der Waals surface area contributed by atoms with E-state index in [-0.39, 0.29) is 0 Å².